The molecule has 0 aromatic heterocycles. The van der Waals surface area contributed by atoms with Crippen LogP contribution in [0.5, 0.6) is 5.75 Å². The number of nitrogens with one attached hydrogen (secondary N) is 1. The van der Waals surface area contributed by atoms with Crippen molar-refractivity contribution in [3.63, 3.8) is 0 Å². The van der Waals surface area contributed by atoms with Gasteiger partial charge < -0.3 is 4.74 Å². The largest absolute Gasteiger partial charge is 0.483 e. The maximum atomic E-state index is 10.8. The van der Waals surface area contributed by atoms with Crippen molar-refractivity contribution in [2.24, 2.45) is 0 Å². The summed E-state index contributed by atoms with van der Waals surface area (Å²) < 4.78 is 5.85. The van der Waals surface area contributed by atoms with E-state index >= 15 is 0 Å². The number of nitro benzene ring substituents is 1. The Bertz CT molecular complexity index is 473. The maximum Gasteiger partial charge on any atom is 0.312 e. The van der Waals surface area contributed by atoms with E-state index in [0.29, 0.717) is 11.0 Å². The van der Waals surface area contributed by atoms with E-state index < -0.39 is 11.0 Å². The second-order valence-electron chi connectivity index (χ2n) is 3.40. The van der Waals surface area contributed by atoms with Crippen LogP contribution in [0.3, 0.4) is 0 Å². The first-order valence-corrected chi connectivity index (χ1v) is 6.08. The molecule has 1 rings (SSSR count). The van der Waals surface area contributed by atoms with Gasteiger partial charge in [-0.05, 0) is 28.5 Å². The molecule has 1 atom stereocenters. The Balaban J connectivity index is 2.84. The number of nitriles is 1. The van der Waals surface area contributed by atoms with Gasteiger partial charge in [-0.15, -0.1) is 0 Å². The van der Waals surface area contributed by atoms with E-state index in [2.05, 4.69) is 21.2 Å². The van der Waals surface area contributed by atoms with Crippen LogP contribution in [0.4, 0.5) is 5.69 Å². The number of halogens is 1. The predicted octanol–water partition coefficient (Wildman–Crippen LogP) is 2.24. The Morgan fingerprint density at radius 2 is 2.39 bits per heavy atom. The lowest BCUT2D eigenvalue weighted by Crippen LogP contribution is -2.33. The number of para-hydroxylation sites is 1. The van der Waals surface area contributed by atoms with E-state index in [1.807, 2.05) is 13.0 Å². The molecule has 0 heterocycles. The molecule has 0 saturated carbocycles. The van der Waals surface area contributed by atoms with E-state index in [0.717, 1.165) is 0 Å². The summed E-state index contributed by atoms with van der Waals surface area (Å²) in [6.45, 7) is 2.54. The molecule has 0 amide bonds. The molecule has 1 N–H and O–H groups in total. The van der Waals surface area contributed by atoms with Gasteiger partial charge in [0.25, 0.3) is 0 Å². The van der Waals surface area contributed by atoms with Gasteiger partial charge >= 0.3 is 5.69 Å². The molecule has 0 aliphatic heterocycles. The number of benzene rings is 1. The van der Waals surface area contributed by atoms with Gasteiger partial charge in [0.05, 0.1) is 15.5 Å². The average Bonchev–Trinajstić information content (AvgIpc) is 2.35. The number of hydrogen-bond acceptors (Lipinski definition) is 5. The van der Waals surface area contributed by atoms with Gasteiger partial charge in [0, 0.05) is 6.07 Å². The van der Waals surface area contributed by atoms with Gasteiger partial charge in [-0.3, -0.25) is 15.4 Å². The molecule has 1 unspecified atom stereocenters. The van der Waals surface area contributed by atoms with Crippen molar-refractivity contribution in [3.8, 4) is 11.8 Å². The predicted molar refractivity (Wildman–Crippen MR) is 69.4 cm³/mol. The summed E-state index contributed by atoms with van der Waals surface area (Å²) in [6.07, 6.45) is 0. The molecule has 96 valence electrons. The summed E-state index contributed by atoms with van der Waals surface area (Å²) in [4.78, 5) is 10.3. The first-order valence-electron chi connectivity index (χ1n) is 5.28. The van der Waals surface area contributed by atoms with E-state index in [-0.39, 0.29) is 18.0 Å². The van der Waals surface area contributed by atoms with Gasteiger partial charge in [-0.1, -0.05) is 13.0 Å². The molecule has 0 radical (unpaired) electrons. The average molecular weight is 314 g/mol. The lowest BCUT2D eigenvalue weighted by Gasteiger charge is -2.12. The van der Waals surface area contributed by atoms with Crippen LogP contribution in [0.15, 0.2) is 22.7 Å². The van der Waals surface area contributed by atoms with Gasteiger partial charge in [0.15, 0.2) is 0 Å². The van der Waals surface area contributed by atoms with Crippen LogP contribution in [0.25, 0.3) is 0 Å². The molecule has 0 fully saturated rings. The van der Waals surface area contributed by atoms with E-state index in [4.69, 9.17) is 10.00 Å². The standard InChI is InChI=1S/C11H12BrN3O3/c1-2-14-8(6-13)7-18-11-9(12)4-3-5-10(11)15(16)17/h3-5,8,14H,2,7H2,1H3. The molecule has 0 spiro atoms. The molecule has 6 nitrogen and oxygen atoms in total. The Hall–Kier alpha value is -1.65. The van der Waals surface area contributed by atoms with Crippen molar-refractivity contribution in [1.29, 1.82) is 5.26 Å². The highest BCUT2D eigenvalue weighted by Crippen LogP contribution is 2.34. The fourth-order valence-electron chi connectivity index (χ4n) is 1.34. The zero-order valence-corrected chi connectivity index (χ0v) is 11.3. The van der Waals surface area contributed by atoms with Gasteiger partial charge in [0.2, 0.25) is 5.75 Å². The van der Waals surface area contributed by atoms with Crippen LogP contribution >= 0.6 is 15.9 Å². The molecule has 0 bridgehead atoms. The van der Waals surface area contributed by atoms with Crippen molar-refractivity contribution in [2.75, 3.05) is 13.2 Å². The van der Waals surface area contributed by atoms with Crippen LogP contribution in [-0.2, 0) is 0 Å². The zero-order valence-electron chi connectivity index (χ0n) is 9.72. The molecule has 0 aliphatic rings. The van der Waals surface area contributed by atoms with Crippen LogP contribution in [0.2, 0.25) is 0 Å². The van der Waals surface area contributed by atoms with Crippen LogP contribution < -0.4 is 10.1 Å². The fourth-order valence-corrected chi connectivity index (χ4v) is 1.81. The summed E-state index contributed by atoms with van der Waals surface area (Å²) in [5, 5.41) is 22.6. The van der Waals surface area contributed by atoms with Crippen LogP contribution in [0, 0.1) is 21.4 Å². The normalized spacial score (nSPS) is 11.6. The van der Waals surface area contributed by atoms with E-state index in [9.17, 15) is 10.1 Å². The van der Waals surface area contributed by atoms with Crippen molar-refractivity contribution >= 4 is 21.6 Å². The number of rotatable bonds is 6. The third-order valence-electron chi connectivity index (χ3n) is 2.14. The first kappa shape index (κ1) is 14.4. The van der Waals surface area contributed by atoms with Gasteiger partial charge in [-0.2, -0.15) is 5.26 Å². The second kappa shape index (κ2) is 6.93. The van der Waals surface area contributed by atoms with Crippen molar-refractivity contribution in [3.05, 3.63) is 32.8 Å². The molecule has 18 heavy (non-hydrogen) atoms. The first-order chi connectivity index (χ1) is 8.60. The molecular weight excluding hydrogens is 302 g/mol. The van der Waals surface area contributed by atoms with Crippen molar-refractivity contribution < 1.29 is 9.66 Å². The number of likely N-dealkylation sites (N-methyl/N-ethyl adjacent to an activating group) is 1. The smallest absolute Gasteiger partial charge is 0.312 e. The highest BCUT2D eigenvalue weighted by Gasteiger charge is 2.19. The molecular formula is C11H12BrN3O3. The van der Waals surface area contributed by atoms with Crippen LogP contribution in [0.1, 0.15) is 6.92 Å². The Morgan fingerprint density at radius 1 is 1.67 bits per heavy atom. The lowest BCUT2D eigenvalue weighted by atomic mass is 10.3. The minimum absolute atomic E-state index is 0.0494. The molecule has 1 aromatic carbocycles. The summed E-state index contributed by atoms with van der Waals surface area (Å²) in [6, 6.07) is 6.08. The van der Waals surface area contributed by atoms with Gasteiger partial charge in [0.1, 0.15) is 12.6 Å². The van der Waals surface area contributed by atoms with Crippen LogP contribution in [-0.4, -0.2) is 24.1 Å². The maximum absolute atomic E-state index is 10.8. The summed E-state index contributed by atoms with van der Waals surface area (Å²) in [7, 11) is 0. The fraction of sp³-hybridized carbons (Fsp3) is 0.364. The Labute approximate surface area is 113 Å². The minimum atomic E-state index is -0.519. The van der Waals surface area contributed by atoms with E-state index in [1.54, 1.807) is 12.1 Å². The minimum Gasteiger partial charge on any atom is -0.483 e. The number of nitro groups is 1. The van der Waals surface area contributed by atoms with Crippen molar-refractivity contribution in [2.45, 2.75) is 13.0 Å². The second-order valence-corrected chi connectivity index (χ2v) is 4.25. The molecule has 7 heteroatoms. The molecule has 1 aromatic rings. The lowest BCUT2D eigenvalue weighted by molar-refractivity contribution is -0.386. The number of ether oxygens (including phenoxy) is 1. The van der Waals surface area contributed by atoms with Gasteiger partial charge in [-0.25, -0.2) is 0 Å². The SMILES string of the molecule is CCNC(C#N)COc1c(Br)cccc1[N+](=O)[O-]. The van der Waals surface area contributed by atoms with Crippen molar-refractivity contribution in [1.82, 2.24) is 5.32 Å². The highest BCUT2D eigenvalue weighted by molar-refractivity contribution is 9.10. The quantitative estimate of drug-likeness (QED) is 0.642. The third-order valence-corrected chi connectivity index (χ3v) is 2.77. The summed E-state index contributed by atoms with van der Waals surface area (Å²) >= 11 is 3.19. The Kier molecular flexibility index (Phi) is 5.55. The number of nitrogens with zero attached hydrogens (tertiary/aromatic N) is 2. The summed E-state index contributed by atoms with van der Waals surface area (Å²) in [5.74, 6) is 0.139. The number of hydrogen-bond donors (Lipinski definition) is 1. The zero-order chi connectivity index (χ0) is 13.5. The molecule has 0 aliphatic carbocycles. The monoisotopic (exact) mass is 313 g/mol. The van der Waals surface area contributed by atoms with E-state index in [1.165, 1.54) is 6.07 Å². The highest BCUT2D eigenvalue weighted by atomic mass is 79.9. The molecule has 0 saturated heterocycles. The topological polar surface area (TPSA) is 88.2 Å². The third kappa shape index (κ3) is 3.68. The Morgan fingerprint density at radius 3 is 2.94 bits per heavy atom. The summed E-state index contributed by atoms with van der Waals surface area (Å²) in [5.41, 5.74) is -0.127.